The van der Waals surface area contributed by atoms with Crippen molar-refractivity contribution in [1.82, 2.24) is 9.88 Å². The van der Waals surface area contributed by atoms with E-state index in [0.717, 1.165) is 22.1 Å². The van der Waals surface area contributed by atoms with E-state index in [1.807, 2.05) is 37.3 Å². The fourth-order valence-corrected chi connectivity index (χ4v) is 4.82. The number of carbonyl (C=O) groups excluding carboxylic acids is 1. The van der Waals surface area contributed by atoms with Crippen LogP contribution in [0.4, 0.5) is 4.39 Å². The monoisotopic (exact) mass is 472 g/mol. The lowest BCUT2D eigenvalue weighted by Crippen LogP contribution is -2.42. The number of nitrogens with zero attached hydrogens (tertiary/aromatic N) is 1. The van der Waals surface area contributed by atoms with Crippen molar-refractivity contribution in [1.29, 1.82) is 0 Å². The average Bonchev–Trinajstić information content (AvgIpc) is 2.86. The molecule has 1 atom stereocenters. The molecule has 178 valence electrons. The third kappa shape index (κ3) is 3.93. The molecular formula is C28H25FN2O4. The van der Waals surface area contributed by atoms with Gasteiger partial charge in [0.2, 0.25) is 0 Å². The molecule has 35 heavy (non-hydrogen) atoms. The van der Waals surface area contributed by atoms with Crippen molar-refractivity contribution in [3.63, 3.8) is 0 Å². The maximum absolute atomic E-state index is 14.6. The topological polar surface area (TPSA) is 71.6 Å². The number of carbonyl (C=O) groups is 1. The summed E-state index contributed by atoms with van der Waals surface area (Å²) < 4.78 is 25.6. The van der Waals surface area contributed by atoms with E-state index in [1.165, 1.54) is 19.2 Å². The zero-order valence-corrected chi connectivity index (χ0v) is 19.7. The highest BCUT2D eigenvalue weighted by molar-refractivity contribution is 5.95. The van der Waals surface area contributed by atoms with Crippen LogP contribution in [0.15, 0.2) is 65.5 Å². The van der Waals surface area contributed by atoms with Crippen LogP contribution in [0.25, 0.3) is 10.9 Å². The second kappa shape index (κ2) is 8.91. The summed E-state index contributed by atoms with van der Waals surface area (Å²) in [5, 5.41) is 0.844. The summed E-state index contributed by atoms with van der Waals surface area (Å²) in [4.78, 5) is 31.5. The minimum Gasteiger partial charge on any atom is -0.493 e. The molecule has 1 N–H and O–H groups in total. The number of halogens is 1. The van der Waals surface area contributed by atoms with Gasteiger partial charge in [-0.05, 0) is 71.8 Å². The molecule has 1 amide bonds. The van der Waals surface area contributed by atoms with Crippen LogP contribution < -0.4 is 15.0 Å². The Kier molecular flexibility index (Phi) is 5.76. The first-order valence-electron chi connectivity index (χ1n) is 11.3. The summed E-state index contributed by atoms with van der Waals surface area (Å²) in [7, 11) is 3.10. The molecule has 5 rings (SSSR count). The van der Waals surface area contributed by atoms with Gasteiger partial charge in [0.1, 0.15) is 5.82 Å². The summed E-state index contributed by atoms with van der Waals surface area (Å²) in [5.74, 6) is -0.0137. The van der Waals surface area contributed by atoms with Crippen LogP contribution >= 0.6 is 0 Å². The molecule has 0 unspecified atom stereocenters. The van der Waals surface area contributed by atoms with Crippen molar-refractivity contribution < 1.29 is 18.7 Å². The van der Waals surface area contributed by atoms with Crippen LogP contribution in [0.3, 0.4) is 0 Å². The third-order valence-electron chi connectivity index (χ3n) is 6.56. The number of amides is 1. The van der Waals surface area contributed by atoms with E-state index >= 15 is 0 Å². The molecule has 0 saturated carbocycles. The Morgan fingerprint density at radius 1 is 1.00 bits per heavy atom. The van der Waals surface area contributed by atoms with E-state index in [0.29, 0.717) is 35.5 Å². The molecule has 0 aliphatic carbocycles. The van der Waals surface area contributed by atoms with E-state index in [9.17, 15) is 14.0 Å². The number of aromatic amines is 1. The molecule has 0 spiro atoms. The van der Waals surface area contributed by atoms with Crippen LogP contribution in [0.5, 0.6) is 11.5 Å². The first-order valence-corrected chi connectivity index (χ1v) is 11.3. The molecule has 6 nitrogen and oxygen atoms in total. The number of pyridine rings is 1. The van der Waals surface area contributed by atoms with Crippen LogP contribution in [0.2, 0.25) is 0 Å². The zero-order chi connectivity index (χ0) is 24.7. The fraction of sp³-hybridized carbons (Fsp3) is 0.214. The Morgan fingerprint density at radius 2 is 1.74 bits per heavy atom. The number of ether oxygens (including phenoxy) is 2. The van der Waals surface area contributed by atoms with E-state index < -0.39 is 17.8 Å². The molecule has 7 heteroatoms. The molecule has 4 aromatic rings. The highest BCUT2D eigenvalue weighted by atomic mass is 19.1. The van der Waals surface area contributed by atoms with Gasteiger partial charge in [-0.3, -0.25) is 9.59 Å². The Labute approximate surface area is 201 Å². The molecule has 1 aromatic heterocycles. The predicted octanol–water partition coefficient (Wildman–Crippen LogP) is 4.78. The van der Waals surface area contributed by atoms with Crippen LogP contribution in [-0.4, -0.2) is 36.6 Å². The molecule has 1 aliphatic rings. The standard InChI is InChI=1S/C28H25FN2O4/c1-16-8-9-18-13-21(27(32)30-23(18)12-16)26-20-15-25(35-3)24(34-2)14-17(20)10-11-31(26)28(33)19-6-4-5-7-22(19)29/h4-9,12-15,26H,10-11H2,1-3H3,(H,30,32)/t26-/m0/s1. The number of H-pyrrole nitrogens is 1. The Morgan fingerprint density at radius 3 is 2.49 bits per heavy atom. The zero-order valence-electron chi connectivity index (χ0n) is 19.7. The summed E-state index contributed by atoms with van der Waals surface area (Å²) in [6.07, 6.45) is 0.525. The molecule has 2 heterocycles. The molecular weight excluding hydrogens is 447 g/mol. The van der Waals surface area contributed by atoms with Crippen molar-refractivity contribution in [2.24, 2.45) is 0 Å². The molecule has 1 aliphatic heterocycles. The van der Waals surface area contributed by atoms with Crippen molar-refractivity contribution >= 4 is 16.8 Å². The van der Waals surface area contributed by atoms with Crippen LogP contribution in [-0.2, 0) is 6.42 Å². The average molecular weight is 473 g/mol. The van der Waals surface area contributed by atoms with Gasteiger partial charge in [-0.2, -0.15) is 0 Å². The lowest BCUT2D eigenvalue weighted by Gasteiger charge is -2.38. The van der Waals surface area contributed by atoms with Gasteiger partial charge in [-0.1, -0.05) is 24.3 Å². The molecule has 0 saturated heterocycles. The number of hydrogen-bond donors (Lipinski definition) is 1. The summed E-state index contributed by atoms with van der Waals surface area (Å²) >= 11 is 0. The fourth-order valence-electron chi connectivity index (χ4n) is 4.82. The van der Waals surface area contributed by atoms with E-state index in [4.69, 9.17) is 9.47 Å². The number of nitrogens with one attached hydrogen (secondary N) is 1. The second-order valence-corrected chi connectivity index (χ2v) is 8.68. The number of aryl methyl sites for hydroxylation is 1. The van der Waals surface area contributed by atoms with E-state index in [-0.39, 0.29) is 11.1 Å². The number of aromatic nitrogens is 1. The lowest BCUT2D eigenvalue weighted by atomic mass is 9.87. The van der Waals surface area contributed by atoms with E-state index in [1.54, 1.807) is 30.2 Å². The number of hydrogen-bond acceptors (Lipinski definition) is 4. The third-order valence-corrected chi connectivity index (χ3v) is 6.56. The molecule has 0 fully saturated rings. The minimum atomic E-state index is -0.736. The maximum atomic E-state index is 14.6. The summed E-state index contributed by atoms with van der Waals surface area (Å²) in [6, 6.07) is 16.5. The molecule has 3 aromatic carbocycles. The van der Waals surface area contributed by atoms with Gasteiger partial charge in [0.05, 0.1) is 25.8 Å². The Bertz CT molecular complexity index is 1510. The maximum Gasteiger partial charge on any atom is 0.257 e. The minimum absolute atomic E-state index is 0.0331. The van der Waals surface area contributed by atoms with Gasteiger partial charge in [0.25, 0.3) is 11.5 Å². The first kappa shape index (κ1) is 22.7. The number of fused-ring (bicyclic) bond motifs is 2. The van der Waals surface area contributed by atoms with Gasteiger partial charge in [0, 0.05) is 17.6 Å². The Balaban J connectivity index is 1.74. The summed E-state index contributed by atoms with van der Waals surface area (Å²) in [6.45, 7) is 2.27. The molecule has 0 radical (unpaired) electrons. The lowest BCUT2D eigenvalue weighted by molar-refractivity contribution is 0.0688. The van der Waals surface area contributed by atoms with Gasteiger partial charge in [-0.25, -0.2) is 4.39 Å². The van der Waals surface area contributed by atoms with Crippen molar-refractivity contribution in [3.8, 4) is 11.5 Å². The predicted molar refractivity (Wildman–Crippen MR) is 132 cm³/mol. The Hall–Kier alpha value is -4.13. The molecule has 0 bridgehead atoms. The smallest absolute Gasteiger partial charge is 0.257 e. The van der Waals surface area contributed by atoms with Gasteiger partial charge in [0.15, 0.2) is 11.5 Å². The first-order chi connectivity index (χ1) is 16.9. The largest absolute Gasteiger partial charge is 0.493 e. The van der Waals surface area contributed by atoms with Gasteiger partial charge in [-0.15, -0.1) is 0 Å². The van der Waals surface area contributed by atoms with Crippen molar-refractivity contribution in [2.45, 2.75) is 19.4 Å². The van der Waals surface area contributed by atoms with E-state index in [2.05, 4.69) is 4.98 Å². The summed E-state index contributed by atoms with van der Waals surface area (Å²) in [5.41, 5.74) is 3.49. The SMILES string of the molecule is COc1cc2c(cc1OC)[C@@H](c1cc3ccc(C)cc3[nH]c1=O)N(C(=O)c1ccccc1F)CC2. The van der Waals surface area contributed by atoms with Gasteiger partial charge < -0.3 is 19.4 Å². The normalized spacial score (nSPS) is 15.1. The van der Waals surface area contributed by atoms with Crippen LogP contribution in [0, 0.1) is 12.7 Å². The second-order valence-electron chi connectivity index (χ2n) is 8.68. The van der Waals surface area contributed by atoms with Crippen molar-refractivity contribution in [3.05, 3.63) is 105 Å². The highest BCUT2D eigenvalue weighted by Gasteiger charge is 2.36. The highest BCUT2D eigenvalue weighted by Crippen LogP contribution is 2.41. The van der Waals surface area contributed by atoms with Gasteiger partial charge >= 0.3 is 0 Å². The quantitative estimate of drug-likeness (QED) is 0.464. The van der Waals surface area contributed by atoms with Crippen molar-refractivity contribution in [2.75, 3.05) is 20.8 Å². The number of benzene rings is 3. The number of rotatable bonds is 4. The van der Waals surface area contributed by atoms with Crippen LogP contribution in [0.1, 0.15) is 38.7 Å². The number of methoxy groups -OCH3 is 2.